The number of benzene rings is 2. The highest BCUT2D eigenvalue weighted by Gasteiger charge is 2.46. The predicted octanol–water partition coefficient (Wildman–Crippen LogP) is 3.94. The van der Waals surface area contributed by atoms with Gasteiger partial charge in [0.15, 0.2) is 0 Å². The third-order valence-electron chi connectivity index (χ3n) is 5.20. The van der Waals surface area contributed by atoms with Gasteiger partial charge in [0.1, 0.15) is 5.76 Å². The Labute approximate surface area is 168 Å². The molecule has 2 fully saturated rings. The quantitative estimate of drug-likeness (QED) is 0.482. The first-order chi connectivity index (χ1) is 13.6. The average molecular weight is 398 g/mol. The zero-order valence-corrected chi connectivity index (χ0v) is 15.9. The summed E-state index contributed by atoms with van der Waals surface area (Å²) < 4.78 is 5.68. The molecule has 2 saturated heterocycles. The fraction of sp³-hybridized carbons (Fsp3) is 0.273. The normalized spacial score (nSPS) is 24.1. The lowest BCUT2D eigenvalue weighted by Gasteiger charge is -2.27. The van der Waals surface area contributed by atoms with Gasteiger partial charge >= 0.3 is 0 Å². The minimum Gasteiger partial charge on any atom is -0.507 e. The number of likely N-dealkylation sites (tertiary alicyclic amines) is 1. The van der Waals surface area contributed by atoms with E-state index in [2.05, 4.69) is 0 Å². The number of amides is 1. The Bertz CT molecular complexity index is 917. The largest absolute Gasteiger partial charge is 0.507 e. The van der Waals surface area contributed by atoms with Crippen LogP contribution in [0.3, 0.4) is 0 Å². The zero-order valence-electron chi connectivity index (χ0n) is 15.2. The molecule has 2 unspecified atom stereocenters. The van der Waals surface area contributed by atoms with E-state index in [0.717, 1.165) is 18.4 Å². The molecule has 6 heteroatoms. The number of aliphatic hydroxyl groups is 1. The third-order valence-corrected chi connectivity index (χ3v) is 5.45. The molecule has 2 aromatic carbocycles. The predicted molar refractivity (Wildman–Crippen MR) is 106 cm³/mol. The first-order valence-electron chi connectivity index (χ1n) is 9.27. The van der Waals surface area contributed by atoms with Crippen molar-refractivity contribution in [3.63, 3.8) is 0 Å². The van der Waals surface area contributed by atoms with E-state index in [1.165, 1.54) is 4.90 Å². The van der Waals surface area contributed by atoms with Crippen LogP contribution in [0.2, 0.25) is 5.02 Å². The second kappa shape index (κ2) is 7.78. The van der Waals surface area contributed by atoms with E-state index in [1.807, 2.05) is 6.07 Å². The maximum absolute atomic E-state index is 12.9. The van der Waals surface area contributed by atoms with Crippen LogP contribution in [-0.2, 0) is 14.3 Å². The number of rotatable bonds is 4. The molecule has 2 aliphatic rings. The number of carbonyl (C=O) groups is 2. The Morgan fingerprint density at radius 1 is 1.11 bits per heavy atom. The molecule has 2 aromatic rings. The fourth-order valence-electron chi connectivity index (χ4n) is 3.82. The maximum atomic E-state index is 12.9. The molecule has 1 N–H and O–H groups in total. The van der Waals surface area contributed by atoms with Crippen LogP contribution in [0, 0.1) is 0 Å². The number of hydrogen-bond acceptors (Lipinski definition) is 4. The number of carbonyl (C=O) groups excluding carboxylic acids is 2. The Hall–Kier alpha value is -2.63. The van der Waals surface area contributed by atoms with Gasteiger partial charge in [0.2, 0.25) is 0 Å². The lowest BCUT2D eigenvalue weighted by Crippen LogP contribution is -2.36. The molecule has 2 heterocycles. The zero-order chi connectivity index (χ0) is 19.7. The standard InChI is InChI=1S/C22H20ClNO4/c23-16-10-8-14(9-11-16)19-18(20(25)15-5-2-1-3-6-15)21(26)22(27)24(19)13-17-7-4-12-28-17/h1-3,5-6,8-11,17,19,25H,4,7,12-13H2/b20-18-. The Kier molecular flexibility index (Phi) is 5.20. The molecule has 0 bridgehead atoms. The minimum absolute atomic E-state index is 0.0940. The van der Waals surface area contributed by atoms with Crippen molar-refractivity contribution in [1.82, 2.24) is 4.90 Å². The molecule has 2 aliphatic heterocycles. The third kappa shape index (κ3) is 3.43. The van der Waals surface area contributed by atoms with Crippen LogP contribution in [0.1, 0.15) is 30.0 Å². The Morgan fingerprint density at radius 2 is 1.82 bits per heavy atom. The van der Waals surface area contributed by atoms with Gasteiger partial charge in [0, 0.05) is 23.7 Å². The van der Waals surface area contributed by atoms with Gasteiger partial charge in [-0.15, -0.1) is 0 Å². The molecule has 0 spiro atoms. The van der Waals surface area contributed by atoms with Gasteiger partial charge in [0.05, 0.1) is 17.7 Å². The monoisotopic (exact) mass is 397 g/mol. The van der Waals surface area contributed by atoms with Crippen molar-refractivity contribution in [2.24, 2.45) is 0 Å². The second-order valence-corrected chi connectivity index (χ2v) is 7.44. The van der Waals surface area contributed by atoms with E-state index >= 15 is 0 Å². The summed E-state index contributed by atoms with van der Waals surface area (Å²) >= 11 is 6.02. The highest BCUT2D eigenvalue weighted by Crippen LogP contribution is 2.40. The number of nitrogens with zero attached hydrogens (tertiary/aromatic N) is 1. The van der Waals surface area contributed by atoms with Crippen molar-refractivity contribution in [1.29, 1.82) is 0 Å². The van der Waals surface area contributed by atoms with Crippen LogP contribution in [0.25, 0.3) is 5.76 Å². The van der Waals surface area contributed by atoms with Crippen LogP contribution in [-0.4, -0.2) is 41.0 Å². The van der Waals surface area contributed by atoms with Crippen LogP contribution >= 0.6 is 11.6 Å². The number of hydrogen-bond donors (Lipinski definition) is 1. The summed E-state index contributed by atoms with van der Waals surface area (Å²) in [5.41, 5.74) is 1.31. The number of Topliss-reactive ketones (excluding diaryl/α,β-unsaturated/α-hetero) is 1. The van der Waals surface area contributed by atoms with Crippen LogP contribution in [0.4, 0.5) is 0 Å². The summed E-state index contributed by atoms with van der Waals surface area (Å²) in [7, 11) is 0. The molecule has 5 nitrogen and oxygen atoms in total. The van der Waals surface area contributed by atoms with E-state index in [9.17, 15) is 14.7 Å². The van der Waals surface area contributed by atoms with Crippen molar-refractivity contribution in [3.05, 3.63) is 76.3 Å². The van der Waals surface area contributed by atoms with Crippen molar-refractivity contribution >= 4 is 29.1 Å². The van der Waals surface area contributed by atoms with Crippen LogP contribution in [0.15, 0.2) is 60.2 Å². The highest BCUT2D eigenvalue weighted by molar-refractivity contribution is 6.46. The number of ether oxygens (including phenoxy) is 1. The molecule has 0 aliphatic carbocycles. The lowest BCUT2D eigenvalue weighted by molar-refractivity contribution is -0.140. The average Bonchev–Trinajstić information content (AvgIpc) is 3.31. The number of aliphatic hydroxyl groups excluding tert-OH is 1. The topological polar surface area (TPSA) is 66.8 Å². The molecule has 28 heavy (non-hydrogen) atoms. The van der Waals surface area contributed by atoms with E-state index in [0.29, 0.717) is 23.7 Å². The van der Waals surface area contributed by atoms with Crippen LogP contribution in [0.5, 0.6) is 0 Å². The van der Waals surface area contributed by atoms with Crippen molar-refractivity contribution in [2.75, 3.05) is 13.2 Å². The van der Waals surface area contributed by atoms with Gasteiger partial charge in [-0.25, -0.2) is 0 Å². The summed E-state index contributed by atoms with van der Waals surface area (Å²) in [6.07, 6.45) is 1.67. The van der Waals surface area contributed by atoms with E-state index in [4.69, 9.17) is 16.3 Å². The smallest absolute Gasteiger partial charge is 0.295 e. The van der Waals surface area contributed by atoms with Gasteiger partial charge in [-0.05, 0) is 30.5 Å². The molecular weight excluding hydrogens is 378 g/mol. The van der Waals surface area contributed by atoms with Crippen molar-refractivity contribution in [3.8, 4) is 0 Å². The summed E-state index contributed by atoms with van der Waals surface area (Å²) in [5, 5.41) is 11.5. The minimum atomic E-state index is -0.681. The van der Waals surface area contributed by atoms with E-state index in [-0.39, 0.29) is 17.4 Å². The summed E-state index contributed by atoms with van der Waals surface area (Å²) in [6.45, 7) is 0.966. The molecule has 2 atom stereocenters. The number of halogens is 1. The molecule has 144 valence electrons. The summed E-state index contributed by atoms with van der Waals surface area (Å²) in [5.74, 6) is -1.47. The number of ketones is 1. The SMILES string of the molecule is O=C1C(=O)N(CC2CCCO2)C(c2ccc(Cl)cc2)/C1=C(/O)c1ccccc1. The molecule has 0 aromatic heterocycles. The van der Waals surface area contributed by atoms with Crippen LogP contribution < -0.4 is 0 Å². The van der Waals surface area contributed by atoms with Gasteiger partial charge in [0.25, 0.3) is 11.7 Å². The molecular formula is C22H20ClNO4. The first-order valence-corrected chi connectivity index (χ1v) is 9.65. The summed E-state index contributed by atoms with van der Waals surface area (Å²) in [4.78, 5) is 27.2. The second-order valence-electron chi connectivity index (χ2n) is 7.00. The van der Waals surface area contributed by atoms with Gasteiger partial charge < -0.3 is 14.7 Å². The lowest BCUT2D eigenvalue weighted by atomic mass is 9.95. The Morgan fingerprint density at radius 3 is 2.46 bits per heavy atom. The van der Waals surface area contributed by atoms with Gasteiger partial charge in [-0.2, -0.15) is 0 Å². The maximum Gasteiger partial charge on any atom is 0.295 e. The Balaban J connectivity index is 1.81. The first kappa shape index (κ1) is 18.7. The summed E-state index contributed by atoms with van der Waals surface area (Å²) in [6, 6.07) is 15.1. The van der Waals surface area contributed by atoms with E-state index in [1.54, 1.807) is 48.5 Å². The molecule has 4 rings (SSSR count). The van der Waals surface area contributed by atoms with Crippen molar-refractivity contribution < 1.29 is 19.4 Å². The van der Waals surface area contributed by atoms with Gasteiger partial charge in [-0.3, -0.25) is 9.59 Å². The molecule has 1 amide bonds. The van der Waals surface area contributed by atoms with Crippen molar-refractivity contribution in [2.45, 2.75) is 25.0 Å². The highest BCUT2D eigenvalue weighted by atomic mass is 35.5. The van der Waals surface area contributed by atoms with E-state index < -0.39 is 17.7 Å². The molecule has 0 radical (unpaired) electrons. The van der Waals surface area contributed by atoms with Gasteiger partial charge in [-0.1, -0.05) is 54.1 Å². The molecule has 0 saturated carbocycles. The fourth-order valence-corrected chi connectivity index (χ4v) is 3.95.